The second-order valence-corrected chi connectivity index (χ2v) is 4.26. The molecule has 1 saturated heterocycles. The summed E-state index contributed by atoms with van der Waals surface area (Å²) in [5.41, 5.74) is 5.28. The number of anilines is 1. The standard InChI is InChI=1S/C11H15F2N3O/c1-16-4-2-7(3-5-16)17-11-9(13)6-8(12)10(14)15-11/h6-7H,2-5H2,1H3,(H2,14,15). The number of halogens is 2. The lowest BCUT2D eigenvalue weighted by molar-refractivity contribution is 0.105. The van der Waals surface area contributed by atoms with Gasteiger partial charge in [-0.25, -0.2) is 8.78 Å². The molecule has 1 fully saturated rings. The summed E-state index contributed by atoms with van der Waals surface area (Å²) in [4.78, 5) is 5.75. The zero-order valence-electron chi connectivity index (χ0n) is 9.62. The summed E-state index contributed by atoms with van der Waals surface area (Å²) in [7, 11) is 2.02. The van der Waals surface area contributed by atoms with Gasteiger partial charge < -0.3 is 15.4 Å². The van der Waals surface area contributed by atoms with Gasteiger partial charge in [-0.2, -0.15) is 4.98 Å². The van der Waals surface area contributed by atoms with E-state index in [1.165, 1.54) is 0 Å². The summed E-state index contributed by atoms with van der Waals surface area (Å²) in [6.07, 6.45) is 1.52. The van der Waals surface area contributed by atoms with E-state index in [4.69, 9.17) is 10.5 Å². The molecule has 1 aromatic heterocycles. The van der Waals surface area contributed by atoms with E-state index in [1.54, 1.807) is 0 Å². The van der Waals surface area contributed by atoms with E-state index in [9.17, 15) is 8.78 Å². The van der Waals surface area contributed by atoms with E-state index >= 15 is 0 Å². The first kappa shape index (κ1) is 12.0. The van der Waals surface area contributed by atoms with Gasteiger partial charge >= 0.3 is 0 Å². The van der Waals surface area contributed by atoms with Gasteiger partial charge in [0.1, 0.15) is 6.10 Å². The Kier molecular flexibility index (Phi) is 3.42. The van der Waals surface area contributed by atoms with Gasteiger partial charge in [-0.1, -0.05) is 0 Å². The molecule has 0 amide bonds. The summed E-state index contributed by atoms with van der Waals surface area (Å²) < 4.78 is 31.7. The van der Waals surface area contributed by atoms with Gasteiger partial charge in [-0.3, -0.25) is 0 Å². The van der Waals surface area contributed by atoms with Gasteiger partial charge in [0, 0.05) is 19.2 Å². The number of piperidine rings is 1. The van der Waals surface area contributed by atoms with Crippen LogP contribution in [0.5, 0.6) is 5.88 Å². The molecule has 2 rings (SSSR count). The molecule has 0 unspecified atom stereocenters. The van der Waals surface area contributed by atoms with Crippen LogP contribution in [0.4, 0.5) is 14.6 Å². The van der Waals surface area contributed by atoms with Crippen LogP contribution >= 0.6 is 0 Å². The number of pyridine rings is 1. The molecule has 94 valence electrons. The number of nitrogens with zero attached hydrogens (tertiary/aromatic N) is 2. The van der Waals surface area contributed by atoms with Crippen molar-refractivity contribution in [3.05, 3.63) is 17.7 Å². The minimum Gasteiger partial charge on any atom is -0.472 e. The quantitative estimate of drug-likeness (QED) is 0.853. The van der Waals surface area contributed by atoms with Gasteiger partial charge in [0.2, 0.25) is 0 Å². The zero-order valence-corrected chi connectivity index (χ0v) is 9.62. The summed E-state index contributed by atoms with van der Waals surface area (Å²) >= 11 is 0. The summed E-state index contributed by atoms with van der Waals surface area (Å²) in [6.45, 7) is 1.78. The number of hydrogen-bond acceptors (Lipinski definition) is 4. The van der Waals surface area contributed by atoms with Crippen LogP contribution in [-0.2, 0) is 0 Å². The highest BCUT2D eigenvalue weighted by molar-refractivity contribution is 5.34. The molecule has 2 N–H and O–H groups in total. The largest absolute Gasteiger partial charge is 0.472 e. The molecule has 17 heavy (non-hydrogen) atoms. The minimum atomic E-state index is -0.863. The van der Waals surface area contributed by atoms with E-state index in [-0.39, 0.29) is 17.8 Å². The zero-order chi connectivity index (χ0) is 12.4. The monoisotopic (exact) mass is 243 g/mol. The van der Waals surface area contributed by atoms with E-state index in [1.807, 2.05) is 7.05 Å². The van der Waals surface area contributed by atoms with Crippen molar-refractivity contribution < 1.29 is 13.5 Å². The normalized spacial score (nSPS) is 18.3. The Labute approximate surface area is 98.4 Å². The summed E-state index contributed by atoms with van der Waals surface area (Å²) in [6, 6.07) is 0.701. The number of rotatable bonds is 2. The molecule has 0 spiro atoms. The Balaban J connectivity index is 2.06. The fourth-order valence-electron chi connectivity index (χ4n) is 1.81. The minimum absolute atomic E-state index is 0.0851. The highest BCUT2D eigenvalue weighted by Crippen LogP contribution is 2.22. The fraction of sp³-hybridized carbons (Fsp3) is 0.545. The number of hydrogen-bond donors (Lipinski definition) is 1. The summed E-state index contributed by atoms with van der Waals surface area (Å²) in [5, 5.41) is 0. The number of aromatic nitrogens is 1. The predicted octanol–water partition coefficient (Wildman–Crippen LogP) is 1.42. The van der Waals surface area contributed by atoms with Crippen molar-refractivity contribution in [2.24, 2.45) is 0 Å². The average molecular weight is 243 g/mol. The van der Waals surface area contributed by atoms with Crippen LogP contribution < -0.4 is 10.5 Å². The van der Waals surface area contributed by atoms with Gasteiger partial charge in [0.15, 0.2) is 17.5 Å². The van der Waals surface area contributed by atoms with Crippen molar-refractivity contribution in [2.75, 3.05) is 25.9 Å². The number of likely N-dealkylation sites (tertiary alicyclic amines) is 1. The van der Waals surface area contributed by atoms with Crippen molar-refractivity contribution in [3.8, 4) is 5.88 Å². The van der Waals surface area contributed by atoms with Crippen molar-refractivity contribution in [1.29, 1.82) is 0 Å². The van der Waals surface area contributed by atoms with Crippen LogP contribution in [0.3, 0.4) is 0 Å². The van der Waals surface area contributed by atoms with Crippen molar-refractivity contribution >= 4 is 5.82 Å². The second kappa shape index (κ2) is 4.83. The van der Waals surface area contributed by atoms with Crippen LogP contribution in [0.1, 0.15) is 12.8 Å². The number of ether oxygens (including phenoxy) is 1. The smallest absolute Gasteiger partial charge is 0.252 e. The molecule has 0 aromatic carbocycles. The first-order valence-corrected chi connectivity index (χ1v) is 5.53. The lowest BCUT2D eigenvalue weighted by Gasteiger charge is -2.29. The Morgan fingerprint density at radius 1 is 1.35 bits per heavy atom. The number of nitrogen functional groups attached to an aromatic ring is 1. The summed E-state index contributed by atoms with van der Waals surface area (Å²) in [5.74, 6) is -2.22. The predicted molar refractivity (Wildman–Crippen MR) is 59.7 cm³/mol. The van der Waals surface area contributed by atoms with E-state index in [2.05, 4.69) is 9.88 Å². The topological polar surface area (TPSA) is 51.4 Å². The van der Waals surface area contributed by atoms with Crippen LogP contribution in [0.15, 0.2) is 6.07 Å². The van der Waals surface area contributed by atoms with Gasteiger partial charge in [-0.15, -0.1) is 0 Å². The maximum Gasteiger partial charge on any atom is 0.252 e. The van der Waals surface area contributed by atoms with Crippen molar-refractivity contribution in [3.63, 3.8) is 0 Å². The van der Waals surface area contributed by atoms with Crippen molar-refractivity contribution in [1.82, 2.24) is 9.88 Å². The van der Waals surface area contributed by atoms with Gasteiger partial charge in [0.25, 0.3) is 5.88 Å². The SMILES string of the molecule is CN1CCC(Oc2nc(N)c(F)cc2F)CC1. The molecule has 1 aliphatic rings. The van der Waals surface area contributed by atoms with E-state index in [0.717, 1.165) is 25.9 Å². The lowest BCUT2D eigenvalue weighted by atomic mass is 10.1. The third-order valence-corrected chi connectivity index (χ3v) is 2.87. The van der Waals surface area contributed by atoms with Crippen molar-refractivity contribution in [2.45, 2.75) is 18.9 Å². The molecule has 0 saturated carbocycles. The Morgan fingerprint density at radius 3 is 2.65 bits per heavy atom. The molecule has 2 heterocycles. The van der Waals surface area contributed by atoms with Crippen LogP contribution in [0.25, 0.3) is 0 Å². The molecule has 0 atom stereocenters. The molecule has 0 radical (unpaired) electrons. The van der Waals surface area contributed by atoms with E-state index < -0.39 is 11.6 Å². The molecule has 1 aliphatic heterocycles. The third kappa shape index (κ3) is 2.82. The van der Waals surface area contributed by atoms with Gasteiger partial charge in [0.05, 0.1) is 0 Å². The highest BCUT2D eigenvalue weighted by atomic mass is 19.1. The van der Waals surface area contributed by atoms with Crippen LogP contribution in [0, 0.1) is 11.6 Å². The first-order chi connectivity index (χ1) is 8.06. The number of nitrogens with two attached hydrogens (primary N) is 1. The molecule has 4 nitrogen and oxygen atoms in total. The third-order valence-electron chi connectivity index (χ3n) is 2.87. The fourth-order valence-corrected chi connectivity index (χ4v) is 1.81. The molecule has 6 heteroatoms. The lowest BCUT2D eigenvalue weighted by Crippen LogP contribution is -2.36. The van der Waals surface area contributed by atoms with E-state index in [0.29, 0.717) is 6.07 Å². The Bertz CT molecular complexity index is 406. The average Bonchev–Trinajstić information content (AvgIpc) is 2.29. The molecule has 0 bridgehead atoms. The highest BCUT2D eigenvalue weighted by Gasteiger charge is 2.21. The molecular formula is C11H15F2N3O. The molecule has 1 aromatic rings. The Morgan fingerprint density at radius 2 is 2.00 bits per heavy atom. The maximum atomic E-state index is 13.4. The Hall–Kier alpha value is -1.43. The first-order valence-electron chi connectivity index (χ1n) is 5.53. The van der Waals surface area contributed by atoms with Gasteiger partial charge in [-0.05, 0) is 19.9 Å². The second-order valence-electron chi connectivity index (χ2n) is 4.26. The molecule has 0 aliphatic carbocycles. The van der Waals surface area contributed by atoms with Crippen LogP contribution in [0.2, 0.25) is 0 Å². The maximum absolute atomic E-state index is 13.4. The molecular weight excluding hydrogens is 228 g/mol. The van der Waals surface area contributed by atoms with Crippen LogP contribution in [-0.4, -0.2) is 36.1 Å².